The number of aliphatic hydroxyl groups excluding tert-OH is 1. The van der Waals surface area contributed by atoms with Crippen LogP contribution in [-0.4, -0.2) is 121 Å². The van der Waals surface area contributed by atoms with Crippen LogP contribution in [0.25, 0.3) is 0 Å². The highest BCUT2D eigenvalue weighted by Crippen LogP contribution is 2.59. The van der Waals surface area contributed by atoms with Crippen LogP contribution in [0.15, 0.2) is 55.6 Å². The molecule has 4 aliphatic heterocycles. The van der Waals surface area contributed by atoms with E-state index in [-0.39, 0.29) is 30.9 Å². The Morgan fingerprint density at radius 3 is 2.49 bits per heavy atom. The number of ether oxygens (including phenoxy) is 2. The van der Waals surface area contributed by atoms with Gasteiger partial charge in [0.2, 0.25) is 17.7 Å². The van der Waals surface area contributed by atoms with Crippen molar-refractivity contribution in [2.45, 2.75) is 37.0 Å². The first-order chi connectivity index (χ1) is 20.0. The van der Waals surface area contributed by atoms with Gasteiger partial charge in [0.15, 0.2) is 0 Å². The van der Waals surface area contributed by atoms with E-state index in [1.165, 1.54) is 0 Å². The SMILES string of the molecule is C=CCN(CCN1CCOCC1)C(=O)C1N(CCCO)C(=O)[C@@H]2[C@@H](C(=O)N(CC=C)c3ccccc3)[C@H]3CCC12O3. The molecule has 1 N–H and O–H groups in total. The van der Waals surface area contributed by atoms with E-state index in [4.69, 9.17) is 9.47 Å². The Hall–Kier alpha value is -3.05. The number of hydrogen-bond donors (Lipinski definition) is 1. The largest absolute Gasteiger partial charge is 0.396 e. The summed E-state index contributed by atoms with van der Waals surface area (Å²) in [6, 6.07) is 8.50. The molecule has 10 heteroatoms. The summed E-state index contributed by atoms with van der Waals surface area (Å²) in [6.07, 6.45) is 4.40. The van der Waals surface area contributed by atoms with Gasteiger partial charge in [0.1, 0.15) is 11.6 Å². The van der Waals surface area contributed by atoms with Gasteiger partial charge in [0.05, 0.1) is 31.2 Å². The molecule has 0 aromatic heterocycles. The summed E-state index contributed by atoms with van der Waals surface area (Å²) in [5.41, 5.74) is -0.353. The summed E-state index contributed by atoms with van der Waals surface area (Å²) < 4.78 is 12.1. The van der Waals surface area contributed by atoms with E-state index in [9.17, 15) is 19.5 Å². The highest BCUT2D eigenvalue weighted by Gasteiger charge is 2.74. The van der Waals surface area contributed by atoms with E-state index in [1.54, 1.807) is 26.9 Å². The fourth-order valence-electron chi connectivity index (χ4n) is 7.14. The Labute approximate surface area is 242 Å². The molecule has 5 atom stereocenters. The first kappa shape index (κ1) is 29.4. The first-order valence-electron chi connectivity index (χ1n) is 14.7. The topological polar surface area (TPSA) is 103 Å². The van der Waals surface area contributed by atoms with Crippen molar-refractivity contribution in [1.82, 2.24) is 14.7 Å². The maximum atomic E-state index is 14.4. The minimum Gasteiger partial charge on any atom is -0.396 e. The summed E-state index contributed by atoms with van der Waals surface area (Å²) in [4.78, 5) is 50.0. The lowest BCUT2D eigenvalue weighted by Gasteiger charge is -2.37. The predicted octanol–water partition coefficient (Wildman–Crippen LogP) is 1.31. The van der Waals surface area contributed by atoms with Crippen molar-refractivity contribution in [1.29, 1.82) is 0 Å². The summed E-state index contributed by atoms with van der Waals surface area (Å²) in [5.74, 6) is -2.08. The van der Waals surface area contributed by atoms with Gasteiger partial charge in [-0.1, -0.05) is 30.4 Å². The molecule has 1 aromatic rings. The highest BCUT2D eigenvalue weighted by atomic mass is 16.5. The molecule has 4 fully saturated rings. The van der Waals surface area contributed by atoms with Crippen LogP contribution >= 0.6 is 0 Å². The molecule has 4 aliphatic rings. The van der Waals surface area contributed by atoms with E-state index < -0.39 is 29.6 Å². The van der Waals surface area contributed by atoms with E-state index >= 15 is 0 Å². The number of para-hydroxylation sites is 1. The molecule has 222 valence electrons. The molecule has 2 bridgehead atoms. The molecule has 0 radical (unpaired) electrons. The van der Waals surface area contributed by atoms with Gasteiger partial charge in [-0.05, 0) is 31.4 Å². The van der Waals surface area contributed by atoms with Gasteiger partial charge in [-0.15, -0.1) is 13.2 Å². The fraction of sp³-hybridized carbons (Fsp3) is 0.581. The van der Waals surface area contributed by atoms with Gasteiger partial charge < -0.3 is 29.3 Å². The summed E-state index contributed by atoms with van der Waals surface area (Å²) in [6.45, 7) is 12.6. The van der Waals surface area contributed by atoms with Gasteiger partial charge in [-0.25, -0.2) is 0 Å². The quantitative estimate of drug-likeness (QED) is 0.359. The predicted molar refractivity (Wildman–Crippen MR) is 154 cm³/mol. The molecular weight excluding hydrogens is 524 g/mol. The van der Waals surface area contributed by atoms with Crippen LogP contribution in [0.5, 0.6) is 0 Å². The highest BCUT2D eigenvalue weighted by molar-refractivity contribution is 6.03. The van der Waals surface area contributed by atoms with E-state index in [2.05, 4.69) is 18.1 Å². The molecule has 3 amide bonds. The molecule has 1 spiro atoms. The number of amides is 3. The minimum atomic E-state index is -1.08. The van der Waals surface area contributed by atoms with Crippen molar-refractivity contribution in [3.8, 4) is 0 Å². The Morgan fingerprint density at radius 1 is 1.07 bits per heavy atom. The number of morpholine rings is 1. The minimum absolute atomic E-state index is 0.108. The van der Waals surface area contributed by atoms with Crippen LogP contribution in [0, 0.1) is 11.8 Å². The molecule has 4 heterocycles. The lowest BCUT2D eigenvalue weighted by molar-refractivity contribution is -0.148. The second kappa shape index (κ2) is 12.9. The van der Waals surface area contributed by atoms with Crippen molar-refractivity contribution in [2.75, 3.05) is 70.5 Å². The Morgan fingerprint density at radius 2 is 1.80 bits per heavy atom. The second-order valence-electron chi connectivity index (χ2n) is 11.3. The average Bonchev–Trinajstić information content (AvgIpc) is 3.64. The smallest absolute Gasteiger partial charge is 0.248 e. The van der Waals surface area contributed by atoms with Crippen molar-refractivity contribution >= 4 is 23.4 Å². The zero-order valence-corrected chi connectivity index (χ0v) is 23.7. The standard InChI is InChI=1S/C31H42N4O6/c1-3-13-33(17-16-32-18-21-40-22-19-32)30(39)27-31-12-11-24(41-31)25(26(31)29(38)35(27)15-8-20-36)28(37)34(14-4-2)23-9-6-5-7-10-23/h3-7,9-10,24-27,36H,1-2,8,11-22H2/t24-,25+,26+,27?,31?/m1/s1. The van der Waals surface area contributed by atoms with Gasteiger partial charge in [-0.3, -0.25) is 19.3 Å². The van der Waals surface area contributed by atoms with Crippen molar-refractivity contribution in [3.63, 3.8) is 0 Å². The monoisotopic (exact) mass is 566 g/mol. The Kier molecular flexibility index (Phi) is 9.23. The zero-order valence-electron chi connectivity index (χ0n) is 23.7. The number of hydrogen-bond acceptors (Lipinski definition) is 7. The Bertz CT molecular complexity index is 1120. The van der Waals surface area contributed by atoms with Crippen LogP contribution in [-0.2, 0) is 23.9 Å². The van der Waals surface area contributed by atoms with Crippen molar-refractivity contribution < 1.29 is 29.0 Å². The molecule has 41 heavy (non-hydrogen) atoms. The summed E-state index contributed by atoms with van der Waals surface area (Å²) in [5, 5.41) is 9.63. The zero-order chi connectivity index (χ0) is 29.0. The van der Waals surface area contributed by atoms with Crippen LogP contribution in [0.3, 0.4) is 0 Å². The maximum Gasteiger partial charge on any atom is 0.248 e. The van der Waals surface area contributed by atoms with E-state index in [1.807, 2.05) is 30.3 Å². The van der Waals surface area contributed by atoms with Crippen molar-refractivity contribution in [3.05, 3.63) is 55.6 Å². The molecule has 0 saturated carbocycles. The van der Waals surface area contributed by atoms with Gasteiger partial charge >= 0.3 is 0 Å². The van der Waals surface area contributed by atoms with E-state index in [0.29, 0.717) is 58.7 Å². The number of nitrogens with zero attached hydrogens (tertiary/aromatic N) is 4. The lowest BCUT2D eigenvalue weighted by Crippen LogP contribution is -2.57. The number of carbonyl (C=O) groups is 3. The van der Waals surface area contributed by atoms with Crippen LogP contribution < -0.4 is 4.90 Å². The third kappa shape index (κ3) is 5.46. The van der Waals surface area contributed by atoms with Crippen LogP contribution in [0.2, 0.25) is 0 Å². The van der Waals surface area contributed by atoms with Gasteiger partial charge in [-0.2, -0.15) is 0 Å². The molecule has 0 aliphatic carbocycles. The summed E-state index contributed by atoms with van der Waals surface area (Å²) in [7, 11) is 0. The first-order valence-corrected chi connectivity index (χ1v) is 14.7. The fourth-order valence-corrected chi connectivity index (χ4v) is 7.14. The maximum absolute atomic E-state index is 14.4. The molecule has 10 nitrogen and oxygen atoms in total. The number of benzene rings is 1. The van der Waals surface area contributed by atoms with Crippen molar-refractivity contribution in [2.24, 2.45) is 11.8 Å². The van der Waals surface area contributed by atoms with Crippen LogP contribution in [0.1, 0.15) is 19.3 Å². The number of fused-ring (bicyclic) bond motifs is 1. The molecule has 4 saturated heterocycles. The molecule has 1 aromatic carbocycles. The number of rotatable bonds is 13. The number of aliphatic hydroxyl groups is 1. The summed E-state index contributed by atoms with van der Waals surface area (Å²) >= 11 is 0. The van der Waals surface area contributed by atoms with Gasteiger partial charge in [0, 0.05) is 58.1 Å². The van der Waals surface area contributed by atoms with Crippen LogP contribution in [0.4, 0.5) is 5.69 Å². The number of likely N-dealkylation sites (tertiary alicyclic amines) is 1. The third-order valence-corrected chi connectivity index (χ3v) is 8.97. The van der Waals surface area contributed by atoms with E-state index in [0.717, 1.165) is 18.8 Å². The Balaban J connectivity index is 1.45. The average molecular weight is 567 g/mol. The molecular formula is C31H42N4O6. The number of anilines is 1. The normalized spacial score (nSPS) is 28.9. The second-order valence-corrected chi connectivity index (χ2v) is 11.3. The third-order valence-electron chi connectivity index (χ3n) is 8.97. The number of carbonyl (C=O) groups excluding carboxylic acids is 3. The lowest BCUT2D eigenvalue weighted by atomic mass is 9.70. The molecule has 5 rings (SSSR count). The van der Waals surface area contributed by atoms with Gasteiger partial charge in [0.25, 0.3) is 0 Å². The molecule has 2 unspecified atom stereocenters.